The molecular weight excluding hydrogens is 487 g/mol. The number of carbonyl (C=O) groups is 2. The molecule has 1 atom stereocenters. The van der Waals surface area contributed by atoms with Crippen molar-refractivity contribution in [3.63, 3.8) is 0 Å². The zero-order valence-corrected chi connectivity index (χ0v) is 19.7. The SMILES string of the molecule is O=C(N[C@H]1N=C(c2ccccc2)c2ccccc2NC1=O)c1c(-c2ccc(O)cc2F)nn2cccnc12. The van der Waals surface area contributed by atoms with E-state index in [2.05, 4.69) is 25.7 Å². The predicted octanol–water partition coefficient (Wildman–Crippen LogP) is 3.79. The molecule has 3 N–H and O–H groups in total. The highest BCUT2D eigenvalue weighted by Crippen LogP contribution is 2.30. The molecule has 5 aromatic rings. The minimum absolute atomic E-state index is 0.00304. The number of hydrogen-bond donors (Lipinski definition) is 3. The van der Waals surface area contributed by atoms with Crippen molar-refractivity contribution in [2.75, 3.05) is 5.32 Å². The standard InChI is InChI=1S/C28H19FN6O3/c29-20-15-17(36)11-12-18(20)24-22(26-30-13-6-14-35(26)34-24)27(37)33-25-28(38)31-21-10-5-4-9-19(21)23(32-25)16-7-2-1-3-8-16/h1-15,25,36H,(H,31,38)(H,33,37)/t25-/m1/s1. The molecule has 0 saturated carbocycles. The normalized spacial score (nSPS) is 14.8. The molecule has 3 aromatic carbocycles. The minimum atomic E-state index is -1.30. The lowest BCUT2D eigenvalue weighted by Gasteiger charge is -2.13. The lowest BCUT2D eigenvalue weighted by atomic mass is 10.0. The predicted molar refractivity (Wildman–Crippen MR) is 138 cm³/mol. The summed E-state index contributed by atoms with van der Waals surface area (Å²) in [6, 6.07) is 21.7. The number of aliphatic imine (C=N–C) groups is 1. The topological polar surface area (TPSA) is 121 Å². The summed E-state index contributed by atoms with van der Waals surface area (Å²) in [5, 5.41) is 19.5. The summed E-state index contributed by atoms with van der Waals surface area (Å²) >= 11 is 0. The Morgan fingerprint density at radius 3 is 2.61 bits per heavy atom. The number of anilines is 1. The second kappa shape index (κ2) is 9.25. The van der Waals surface area contributed by atoms with Gasteiger partial charge >= 0.3 is 0 Å². The van der Waals surface area contributed by atoms with Gasteiger partial charge in [0.2, 0.25) is 6.17 Å². The van der Waals surface area contributed by atoms with Gasteiger partial charge in [-0.3, -0.25) is 9.59 Å². The highest BCUT2D eigenvalue weighted by atomic mass is 19.1. The summed E-state index contributed by atoms with van der Waals surface area (Å²) in [4.78, 5) is 35.8. The van der Waals surface area contributed by atoms with E-state index >= 15 is 0 Å². The summed E-state index contributed by atoms with van der Waals surface area (Å²) in [6.07, 6.45) is 1.74. The number of halogens is 1. The number of nitrogens with one attached hydrogen (secondary N) is 2. The van der Waals surface area contributed by atoms with Crippen molar-refractivity contribution in [3.05, 3.63) is 114 Å². The largest absolute Gasteiger partial charge is 0.508 e. The number of phenolic OH excluding ortho intramolecular Hbond substituents is 1. The van der Waals surface area contributed by atoms with Gasteiger partial charge in [0.25, 0.3) is 11.8 Å². The number of aromatic nitrogens is 3. The smallest absolute Gasteiger partial charge is 0.269 e. The molecule has 0 fully saturated rings. The molecule has 0 spiro atoms. The molecule has 0 saturated heterocycles. The lowest BCUT2D eigenvalue weighted by Crippen LogP contribution is -2.42. The van der Waals surface area contributed by atoms with Crippen LogP contribution in [-0.2, 0) is 4.79 Å². The van der Waals surface area contributed by atoms with Gasteiger partial charge in [0.05, 0.1) is 11.4 Å². The Morgan fingerprint density at radius 2 is 1.79 bits per heavy atom. The Hall–Kier alpha value is -5.38. The number of fused-ring (bicyclic) bond motifs is 2. The van der Waals surface area contributed by atoms with Gasteiger partial charge in [-0.1, -0.05) is 48.5 Å². The van der Waals surface area contributed by atoms with Crippen LogP contribution in [0.4, 0.5) is 10.1 Å². The van der Waals surface area contributed by atoms with E-state index in [0.29, 0.717) is 17.0 Å². The Bertz CT molecular complexity index is 1750. The molecule has 1 aliphatic rings. The molecular formula is C28H19FN6O3. The van der Waals surface area contributed by atoms with Gasteiger partial charge < -0.3 is 15.7 Å². The number of hydrogen-bond acceptors (Lipinski definition) is 6. The second-order valence-electron chi connectivity index (χ2n) is 8.53. The van der Waals surface area contributed by atoms with Crippen LogP contribution in [0.3, 0.4) is 0 Å². The number of amides is 2. The zero-order valence-electron chi connectivity index (χ0n) is 19.7. The molecule has 9 nitrogen and oxygen atoms in total. The molecule has 3 heterocycles. The Morgan fingerprint density at radius 1 is 1.00 bits per heavy atom. The molecule has 2 aromatic heterocycles. The van der Waals surface area contributed by atoms with Gasteiger partial charge in [-0.2, -0.15) is 5.10 Å². The van der Waals surface area contributed by atoms with Crippen molar-refractivity contribution in [1.82, 2.24) is 19.9 Å². The van der Waals surface area contributed by atoms with Gasteiger partial charge in [0.15, 0.2) is 5.65 Å². The van der Waals surface area contributed by atoms with Gasteiger partial charge in [0.1, 0.15) is 22.8 Å². The first kappa shape index (κ1) is 23.0. The number of phenols is 1. The van der Waals surface area contributed by atoms with Gasteiger partial charge in [-0.25, -0.2) is 18.9 Å². The van der Waals surface area contributed by atoms with Crippen molar-refractivity contribution >= 4 is 28.9 Å². The molecule has 1 aliphatic heterocycles. The van der Waals surface area contributed by atoms with Crippen LogP contribution in [0, 0.1) is 5.82 Å². The van der Waals surface area contributed by atoms with E-state index in [9.17, 15) is 19.1 Å². The number of aromatic hydroxyl groups is 1. The molecule has 0 radical (unpaired) electrons. The maximum absolute atomic E-state index is 14.8. The fourth-order valence-electron chi connectivity index (χ4n) is 4.36. The van der Waals surface area contributed by atoms with E-state index in [1.54, 1.807) is 24.4 Å². The quantitative estimate of drug-likeness (QED) is 0.343. The van der Waals surface area contributed by atoms with Crippen LogP contribution >= 0.6 is 0 Å². The van der Waals surface area contributed by atoms with E-state index in [0.717, 1.165) is 11.6 Å². The van der Waals surface area contributed by atoms with Gasteiger partial charge in [-0.15, -0.1) is 0 Å². The monoisotopic (exact) mass is 506 g/mol. The average molecular weight is 506 g/mol. The highest BCUT2D eigenvalue weighted by Gasteiger charge is 2.30. The van der Waals surface area contributed by atoms with Crippen molar-refractivity contribution in [1.29, 1.82) is 0 Å². The molecule has 38 heavy (non-hydrogen) atoms. The highest BCUT2D eigenvalue weighted by molar-refractivity contribution is 6.20. The van der Waals surface area contributed by atoms with Crippen LogP contribution in [-0.4, -0.2) is 43.4 Å². The second-order valence-corrected chi connectivity index (χ2v) is 8.53. The molecule has 10 heteroatoms. The Balaban J connectivity index is 1.45. The molecule has 6 rings (SSSR count). The number of benzodiazepines with no additional fused rings is 1. The summed E-state index contributed by atoms with van der Waals surface area (Å²) in [7, 11) is 0. The van der Waals surface area contributed by atoms with Crippen LogP contribution < -0.4 is 10.6 Å². The van der Waals surface area contributed by atoms with Crippen molar-refractivity contribution in [2.45, 2.75) is 6.17 Å². The summed E-state index contributed by atoms with van der Waals surface area (Å²) in [6.45, 7) is 0. The fourth-order valence-corrected chi connectivity index (χ4v) is 4.36. The van der Waals surface area contributed by atoms with E-state index < -0.39 is 23.8 Å². The third kappa shape index (κ3) is 4.03. The van der Waals surface area contributed by atoms with Crippen molar-refractivity contribution < 1.29 is 19.1 Å². The molecule has 0 unspecified atom stereocenters. The number of carbonyl (C=O) groups excluding carboxylic acids is 2. The van der Waals surface area contributed by atoms with E-state index in [-0.39, 0.29) is 28.2 Å². The van der Waals surface area contributed by atoms with Crippen LogP contribution in [0.2, 0.25) is 0 Å². The maximum atomic E-state index is 14.8. The van der Waals surface area contributed by atoms with Crippen LogP contribution in [0.15, 0.2) is 96.2 Å². The van der Waals surface area contributed by atoms with Crippen LogP contribution in [0.1, 0.15) is 21.5 Å². The lowest BCUT2D eigenvalue weighted by molar-refractivity contribution is -0.117. The Labute approximate surface area is 215 Å². The number of nitrogens with zero attached hydrogens (tertiary/aromatic N) is 4. The number of benzene rings is 3. The van der Waals surface area contributed by atoms with Crippen LogP contribution in [0.25, 0.3) is 16.9 Å². The van der Waals surface area contributed by atoms with Crippen molar-refractivity contribution in [3.8, 4) is 17.0 Å². The first-order chi connectivity index (χ1) is 18.5. The van der Waals surface area contributed by atoms with Gasteiger partial charge in [0, 0.05) is 35.2 Å². The molecule has 0 bridgehead atoms. The first-order valence-corrected chi connectivity index (χ1v) is 11.7. The first-order valence-electron chi connectivity index (χ1n) is 11.7. The molecule has 2 amide bonds. The molecule has 0 aliphatic carbocycles. The van der Waals surface area contributed by atoms with Crippen LogP contribution in [0.5, 0.6) is 5.75 Å². The third-order valence-corrected chi connectivity index (χ3v) is 6.09. The van der Waals surface area contributed by atoms with Crippen molar-refractivity contribution in [2.24, 2.45) is 4.99 Å². The molecule has 186 valence electrons. The Kier molecular flexibility index (Phi) is 5.61. The summed E-state index contributed by atoms with van der Waals surface area (Å²) in [5.74, 6) is -2.30. The zero-order chi connectivity index (χ0) is 26.2. The average Bonchev–Trinajstić information content (AvgIpc) is 3.24. The maximum Gasteiger partial charge on any atom is 0.269 e. The number of para-hydroxylation sites is 1. The van der Waals surface area contributed by atoms with Gasteiger partial charge in [-0.05, 0) is 24.3 Å². The number of rotatable bonds is 4. The fraction of sp³-hybridized carbons (Fsp3) is 0.0357. The summed E-state index contributed by atoms with van der Waals surface area (Å²) in [5.41, 5.74) is 2.66. The van der Waals surface area contributed by atoms with E-state index in [1.807, 2.05) is 42.5 Å². The van der Waals surface area contributed by atoms with E-state index in [1.165, 1.54) is 22.8 Å². The summed E-state index contributed by atoms with van der Waals surface area (Å²) < 4.78 is 16.2. The minimum Gasteiger partial charge on any atom is -0.508 e. The third-order valence-electron chi connectivity index (χ3n) is 6.09. The van der Waals surface area contributed by atoms with E-state index in [4.69, 9.17) is 0 Å².